The quantitative estimate of drug-likeness (QED) is 0.851. The van der Waals surface area contributed by atoms with Crippen LogP contribution in [0.25, 0.3) is 0 Å². The van der Waals surface area contributed by atoms with Gasteiger partial charge in [0.05, 0.1) is 17.0 Å². The van der Waals surface area contributed by atoms with Crippen molar-refractivity contribution in [3.63, 3.8) is 0 Å². The number of methoxy groups -OCH3 is 1. The van der Waals surface area contributed by atoms with Crippen LogP contribution in [0.15, 0.2) is 12.1 Å². The first-order chi connectivity index (χ1) is 7.84. The van der Waals surface area contributed by atoms with Crippen LogP contribution in [-0.2, 0) is 4.74 Å². The van der Waals surface area contributed by atoms with E-state index in [2.05, 4.69) is 37.1 Å². The monoisotopic (exact) mass is 236 g/mol. The molecular weight excluding hydrogens is 212 g/mol. The topological polar surface area (TPSA) is 34.1 Å². The van der Waals surface area contributed by atoms with Gasteiger partial charge in [-0.2, -0.15) is 0 Å². The zero-order valence-electron chi connectivity index (χ0n) is 11.8. The van der Waals surface area contributed by atoms with Gasteiger partial charge < -0.3 is 10.1 Å². The molecule has 1 unspecified atom stereocenters. The molecule has 0 spiro atoms. The summed E-state index contributed by atoms with van der Waals surface area (Å²) in [4.78, 5) is 4.45. The van der Waals surface area contributed by atoms with Crippen LogP contribution in [0.5, 0.6) is 0 Å². The van der Waals surface area contributed by atoms with Gasteiger partial charge in [0.1, 0.15) is 0 Å². The van der Waals surface area contributed by atoms with Gasteiger partial charge in [0, 0.05) is 18.8 Å². The molecule has 1 heterocycles. The number of ether oxygens (including phenoxy) is 1. The first-order valence-electron chi connectivity index (χ1n) is 6.10. The largest absolute Gasteiger partial charge is 0.381 e. The highest BCUT2D eigenvalue weighted by atomic mass is 16.5. The van der Waals surface area contributed by atoms with Crippen LogP contribution in [0.4, 0.5) is 5.69 Å². The van der Waals surface area contributed by atoms with E-state index in [9.17, 15) is 0 Å². The summed E-state index contributed by atoms with van der Waals surface area (Å²) >= 11 is 0. The molecule has 17 heavy (non-hydrogen) atoms. The lowest BCUT2D eigenvalue weighted by Gasteiger charge is -2.27. The minimum absolute atomic E-state index is 0.0988. The zero-order chi connectivity index (χ0) is 13.1. The molecule has 3 heteroatoms. The summed E-state index contributed by atoms with van der Waals surface area (Å²) in [7, 11) is 1.76. The Kier molecular flexibility index (Phi) is 4.52. The molecule has 0 amide bonds. The highest BCUT2D eigenvalue weighted by molar-refractivity contribution is 5.48. The minimum Gasteiger partial charge on any atom is -0.381 e. The van der Waals surface area contributed by atoms with Crippen LogP contribution >= 0.6 is 0 Å². The molecular formula is C14H24N2O. The van der Waals surface area contributed by atoms with Gasteiger partial charge in [0.15, 0.2) is 0 Å². The Labute approximate surface area is 105 Å². The van der Waals surface area contributed by atoms with Crippen LogP contribution < -0.4 is 5.32 Å². The fourth-order valence-corrected chi connectivity index (χ4v) is 1.98. The number of nitrogens with zero attached hydrogens (tertiary/aromatic N) is 1. The Hall–Kier alpha value is -1.09. The van der Waals surface area contributed by atoms with Crippen molar-refractivity contribution in [3.05, 3.63) is 23.5 Å². The summed E-state index contributed by atoms with van der Waals surface area (Å²) in [5, 5.41) is 3.49. The van der Waals surface area contributed by atoms with Crippen molar-refractivity contribution in [2.24, 2.45) is 0 Å². The Morgan fingerprint density at radius 1 is 1.35 bits per heavy atom. The summed E-state index contributed by atoms with van der Waals surface area (Å²) in [6, 6.07) is 4.48. The second kappa shape index (κ2) is 5.50. The molecule has 0 aliphatic carbocycles. The number of aryl methyl sites for hydroxylation is 2. The van der Waals surface area contributed by atoms with Crippen LogP contribution in [-0.4, -0.2) is 23.7 Å². The molecule has 0 fully saturated rings. The van der Waals surface area contributed by atoms with Crippen LogP contribution in [0.3, 0.4) is 0 Å². The molecule has 0 bridgehead atoms. The maximum absolute atomic E-state index is 5.44. The number of nitrogens with one attached hydrogen (secondary N) is 1. The number of anilines is 1. The second-order valence-corrected chi connectivity index (χ2v) is 5.30. The van der Waals surface area contributed by atoms with E-state index in [1.54, 1.807) is 7.11 Å². The molecule has 1 atom stereocenters. The molecule has 96 valence electrons. The first-order valence-corrected chi connectivity index (χ1v) is 6.10. The third-order valence-corrected chi connectivity index (χ3v) is 2.98. The molecule has 0 aliphatic rings. The van der Waals surface area contributed by atoms with Crippen molar-refractivity contribution < 1.29 is 4.74 Å². The van der Waals surface area contributed by atoms with Gasteiger partial charge >= 0.3 is 0 Å². The normalized spacial score (nSPS) is 13.5. The number of hydrogen-bond donors (Lipinski definition) is 1. The lowest BCUT2D eigenvalue weighted by Crippen LogP contribution is -2.31. The van der Waals surface area contributed by atoms with Crippen LogP contribution in [0.2, 0.25) is 0 Å². The smallest absolute Gasteiger partial charge is 0.0642 e. The predicted octanol–water partition coefficient (Wildman–Crippen LogP) is 3.31. The molecule has 0 aromatic carbocycles. The van der Waals surface area contributed by atoms with E-state index >= 15 is 0 Å². The van der Waals surface area contributed by atoms with Gasteiger partial charge in [-0.15, -0.1) is 0 Å². The highest BCUT2D eigenvalue weighted by Crippen LogP contribution is 2.20. The van der Waals surface area contributed by atoms with Gasteiger partial charge in [0.25, 0.3) is 0 Å². The predicted molar refractivity (Wildman–Crippen MR) is 72.5 cm³/mol. The van der Waals surface area contributed by atoms with Gasteiger partial charge in [-0.05, 0) is 53.2 Å². The summed E-state index contributed by atoms with van der Waals surface area (Å²) in [6.45, 7) is 10.4. The van der Waals surface area contributed by atoms with Crippen LogP contribution in [0.1, 0.15) is 38.6 Å². The van der Waals surface area contributed by atoms with Crippen molar-refractivity contribution in [1.82, 2.24) is 4.98 Å². The molecule has 0 aliphatic heterocycles. The summed E-state index contributed by atoms with van der Waals surface area (Å²) in [6.07, 6.45) is 0.955. The molecule has 1 rings (SSSR count). The summed E-state index contributed by atoms with van der Waals surface area (Å²) < 4.78 is 5.44. The van der Waals surface area contributed by atoms with E-state index < -0.39 is 0 Å². The number of aromatic nitrogens is 1. The zero-order valence-corrected chi connectivity index (χ0v) is 11.8. The molecule has 0 saturated heterocycles. The van der Waals surface area contributed by atoms with E-state index in [4.69, 9.17) is 4.74 Å². The average Bonchev–Trinajstić information content (AvgIpc) is 2.21. The standard InChI is InChI=1S/C14H24N2O/c1-10-7-8-13(12(3)15-10)16-11(2)9-14(4,5)17-6/h7-8,11,16H,9H2,1-6H3. The SMILES string of the molecule is COC(C)(C)CC(C)Nc1ccc(C)nc1C. The summed E-state index contributed by atoms with van der Waals surface area (Å²) in [5.74, 6) is 0. The number of pyridine rings is 1. The fraction of sp³-hybridized carbons (Fsp3) is 0.643. The van der Waals surface area contributed by atoms with Crippen molar-refractivity contribution in [1.29, 1.82) is 0 Å². The molecule has 1 aromatic rings. The molecule has 0 radical (unpaired) electrons. The highest BCUT2D eigenvalue weighted by Gasteiger charge is 2.20. The maximum Gasteiger partial charge on any atom is 0.0642 e. The Morgan fingerprint density at radius 2 is 2.00 bits per heavy atom. The first kappa shape index (κ1) is 14.0. The molecule has 0 saturated carbocycles. The van der Waals surface area contributed by atoms with E-state index in [0.717, 1.165) is 23.5 Å². The van der Waals surface area contributed by atoms with E-state index in [1.165, 1.54) is 0 Å². The second-order valence-electron chi connectivity index (χ2n) is 5.30. The number of rotatable bonds is 5. The van der Waals surface area contributed by atoms with Crippen molar-refractivity contribution in [2.75, 3.05) is 12.4 Å². The van der Waals surface area contributed by atoms with Gasteiger partial charge in [0.2, 0.25) is 0 Å². The fourth-order valence-electron chi connectivity index (χ4n) is 1.98. The van der Waals surface area contributed by atoms with Gasteiger partial charge in [-0.1, -0.05) is 0 Å². The van der Waals surface area contributed by atoms with E-state index in [0.29, 0.717) is 6.04 Å². The third kappa shape index (κ3) is 4.35. The van der Waals surface area contributed by atoms with Gasteiger partial charge in [-0.3, -0.25) is 4.98 Å². The molecule has 3 nitrogen and oxygen atoms in total. The number of hydrogen-bond acceptors (Lipinski definition) is 3. The lowest BCUT2D eigenvalue weighted by atomic mass is 9.99. The van der Waals surface area contributed by atoms with E-state index in [-0.39, 0.29) is 5.60 Å². The Bertz CT molecular complexity index is 374. The lowest BCUT2D eigenvalue weighted by molar-refractivity contribution is 0.0128. The molecule has 1 aromatic heterocycles. The Morgan fingerprint density at radius 3 is 2.53 bits per heavy atom. The van der Waals surface area contributed by atoms with Gasteiger partial charge in [-0.25, -0.2) is 0 Å². The minimum atomic E-state index is -0.0988. The third-order valence-electron chi connectivity index (χ3n) is 2.98. The summed E-state index contributed by atoms with van der Waals surface area (Å²) in [5.41, 5.74) is 3.11. The molecule has 1 N–H and O–H groups in total. The van der Waals surface area contributed by atoms with Crippen molar-refractivity contribution >= 4 is 5.69 Å². The van der Waals surface area contributed by atoms with Crippen molar-refractivity contribution in [3.8, 4) is 0 Å². The van der Waals surface area contributed by atoms with E-state index in [1.807, 2.05) is 19.9 Å². The Balaban J connectivity index is 2.65. The maximum atomic E-state index is 5.44. The average molecular weight is 236 g/mol. The van der Waals surface area contributed by atoms with Crippen molar-refractivity contribution in [2.45, 2.75) is 52.7 Å². The van der Waals surface area contributed by atoms with Crippen LogP contribution in [0, 0.1) is 13.8 Å².